The summed E-state index contributed by atoms with van der Waals surface area (Å²) in [6, 6.07) is 0. The number of carbonyl (C=O) groups excluding carboxylic acids is 1. The maximum Gasteiger partial charge on any atom is 0.236 e. The van der Waals surface area contributed by atoms with E-state index in [0.29, 0.717) is 25.3 Å². The van der Waals surface area contributed by atoms with Gasteiger partial charge in [-0.3, -0.25) is 4.79 Å². The number of amidine groups is 1. The normalized spacial score (nSPS) is 29.6. The van der Waals surface area contributed by atoms with Gasteiger partial charge in [0.1, 0.15) is 5.41 Å². The lowest BCUT2D eigenvalue weighted by molar-refractivity contribution is -0.140. The summed E-state index contributed by atoms with van der Waals surface area (Å²) in [5.74, 6) is 0.364. The molecule has 0 aromatic heterocycles. The van der Waals surface area contributed by atoms with E-state index < -0.39 is 5.41 Å². The lowest BCUT2D eigenvalue weighted by Crippen LogP contribution is -2.53. The Balaban J connectivity index is 2.06. The average Bonchev–Trinajstić information content (AvgIpc) is 2.44. The van der Waals surface area contributed by atoms with E-state index in [1.807, 2.05) is 0 Å². The molecule has 0 radical (unpaired) electrons. The van der Waals surface area contributed by atoms with Gasteiger partial charge in [-0.05, 0) is 31.6 Å². The zero-order chi connectivity index (χ0) is 14.8. The molecular weight excluding hydrogens is 258 g/mol. The molecule has 2 aliphatic rings. The Bertz CT molecular complexity index is 385. The second kappa shape index (κ2) is 5.99. The van der Waals surface area contributed by atoms with Gasteiger partial charge in [-0.25, -0.2) is 0 Å². The molecule has 114 valence electrons. The van der Waals surface area contributed by atoms with Crippen LogP contribution in [0.15, 0.2) is 5.16 Å². The van der Waals surface area contributed by atoms with E-state index in [9.17, 15) is 9.90 Å². The molecule has 1 amide bonds. The van der Waals surface area contributed by atoms with E-state index in [4.69, 9.17) is 10.9 Å². The number of nitrogens with two attached hydrogens (primary N) is 1. The molecule has 0 atom stereocenters. The zero-order valence-electron chi connectivity index (χ0n) is 12.1. The third kappa shape index (κ3) is 2.75. The monoisotopic (exact) mass is 283 g/mol. The molecule has 0 unspecified atom stereocenters. The van der Waals surface area contributed by atoms with Crippen molar-refractivity contribution in [1.82, 2.24) is 4.90 Å². The number of nitrogens with zero attached hydrogens (tertiary/aromatic N) is 2. The van der Waals surface area contributed by atoms with Gasteiger partial charge in [0.2, 0.25) is 5.91 Å². The van der Waals surface area contributed by atoms with Gasteiger partial charge in [0.15, 0.2) is 5.84 Å². The minimum Gasteiger partial charge on any atom is -0.409 e. The molecule has 2 rings (SSSR count). The van der Waals surface area contributed by atoms with Gasteiger partial charge < -0.3 is 20.9 Å². The van der Waals surface area contributed by atoms with Gasteiger partial charge in [0.25, 0.3) is 0 Å². The minimum atomic E-state index is -0.829. The van der Waals surface area contributed by atoms with Crippen LogP contribution < -0.4 is 5.73 Å². The fourth-order valence-corrected chi connectivity index (χ4v) is 3.52. The number of aliphatic hydroxyl groups excluding tert-OH is 1. The first-order chi connectivity index (χ1) is 9.49. The molecular formula is C14H25N3O3. The lowest BCUT2D eigenvalue weighted by Gasteiger charge is -2.40. The van der Waals surface area contributed by atoms with Crippen molar-refractivity contribution in [3.05, 3.63) is 0 Å². The van der Waals surface area contributed by atoms with Gasteiger partial charge in [-0.2, -0.15) is 0 Å². The Kier molecular flexibility index (Phi) is 4.52. The molecule has 0 aliphatic heterocycles. The molecule has 2 saturated carbocycles. The highest BCUT2D eigenvalue weighted by Crippen LogP contribution is 2.39. The zero-order valence-corrected chi connectivity index (χ0v) is 12.1. The summed E-state index contributed by atoms with van der Waals surface area (Å²) in [4.78, 5) is 14.5. The van der Waals surface area contributed by atoms with Crippen LogP contribution in [0.5, 0.6) is 0 Å². The fourth-order valence-electron chi connectivity index (χ4n) is 3.52. The first-order valence-corrected chi connectivity index (χ1v) is 7.41. The molecule has 6 heteroatoms. The van der Waals surface area contributed by atoms with Crippen LogP contribution in [0.3, 0.4) is 0 Å². The van der Waals surface area contributed by atoms with Crippen LogP contribution in [0, 0.1) is 11.3 Å². The van der Waals surface area contributed by atoms with Crippen LogP contribution >= 0.6 is 0 Å². The van der Waals surface area contributed by atoms with Crippen molar-refractivity contribution < 1.29 is 15.1 Å². The molecule has 2 fully saturated rings. The summed E-state index contributed by atoms with van der Waals surface area (Å²) in [5.41, 5.74) is 5.00. The Morgan fingerprint density at radius 1 is 1.35 bits per heavy atom. The van der Waals surface area contributed by atoms with Crippen LogP contribution in [0.4, 0.5) is 0 Å². The van der Waals surface area contributed by atoms with Crippen LogP contribution in [0.2, 0.25) is 0 Å². The number of aliphatic hydroxyl groups is 1. The number of hydrogen-bond acceptors (Lipinski definition) is 4. The van der Waals surface area contributed by atoms with Gasteiger partial charge in [0, 0.05) is 13.6 Å². The molecule has 0 spiro atoms. The highest BCUT2D eigenvalue weighted by molar-refractivity contribution is 6.06. The molecule has 4 N–H and O–H groups in total. The summed E-state index contributed by atoms with van der Waals surface area (Å²) in [7, 11) is 1.77. The van der Waals surface area contributed by atoms with E-state index in [1.165, 1.54) is 0 Å². The predicted molar refractivity (Wildman–Crippen MR) is 75.3 cm³/mol. The Morgan fingerprint density at radius 2 is 1.95 bits per heavy atom. The molecule has 0 bridgehead atoms. The maximum atomic E-state index is 12.8. The number of rotatable bonds is 4. The third-order valence-electron chi connectivity index (χ3n) is 4.80. The first kappa shape index (κ1) is 15.1. The van der Waals surface area contributed by atoms with Crippen molar-refractivity contribution in [2.75, 3.05) is 13.6 Å². The second-order valence-electron chi connectivity index (χ2n) is 6.30. The van der Waals surface area contributed by atoms with Gasteiger partial charge in [-0.15, -0.1) is 0 Å². The summed E-state index contributed by atoms with van der Waals surface area (Å²) in [6.45, 7) is 0.635. The van der Waals surface area contributed by atoms with Crippen LogP contribution in [0.1, 0.15) is 44.9 Å². The summed E-state index contributed by atoms with van der Waals surface area (Å²) in [5, 5.41) is 21.5. The summed E-state index contributed by atoms with van der Waals surface area (Å²) in [6.07, 6.45) is 5.56. The molecule has 0 saturated heterocycles. The first-order valence-electron chi connectivity index (χ1n) is 7.41. The number of carbonyl (C=O) groups is 1. The molecule has 2 aliphatic carbocycles. The minimum absolute atomic E-state index is 0.0442. The second-order valence-corrected chi connectivity index (χ2v) is 6.30. The predicted octanol–water partition coefficient (Wildman–Crippen LogP) is 0.913. The molecule has 0 aromatic rings. The fraction of sp³-hybridized carbons (Fsp3) is 0.857. The molecule has 6 nitrogen and oxygen atoms in total. The van der Waals surface area contributed by atoms with Crippen LogP contribution in [-0.2, 0) is 4.79 Å². The van der Waals surface area contributed by atoms with Crippen molar-refractivity contribution in [3.63, 3.8) is 0 Å². The van der Waals surface area contributed by atoms with Crippen molar-refractivity contribution in [2.45, 2.75) is 51.0 Å². The third-order valence-corrected chi connectivity index (χ3v) is 4.80. The van der Waals surface area contributed by atoms with Crippen LogP contribution in [0.25, 0.3) is 0 Å². The summed E-state index contributed by atoms with van der Waals surface area (Å²) < 4.78 is 0. The lowest BCUT2D eigenvalue weighted by atomic mass is 9.71. The maximum absolute atomic E-state index is 12.8. The van der Waals surface area contributed by atoms with E-state index in [-0.39, 0.29) is 17.8 Å². The summed E-state index contributed by atoms with van der Waals surface area (Å²) >= 11 is 0. The Labute approximate surface area is 119 Å². The highest BCUT2D eigenvalue weighted by atomic mass is 16.4. The van der Waals surface area contributed by atoms with Crippen molar-refractivity contribution in [1.29, 1.82) is 0 Å². The number of amides is 1. The molecule has 0 aromatic carbocycles. The largest absolute Gasteiger partial charge is 0.409 e. The Morgan fingerprint density at radius 3 is 2.45 bits per heavy atom. The van der Waals surface area contributed by atoms with Crippen molar-refractivity contribution in [3.8, 4) is 0 Å². The highest BCUT2D eigenvalue weighted by Gasteiger charge is 2.46. The quantitative estimate of drug-likeness (QED) is 0.309. The SMILES string of the molecule is CN(CC1CC(O)C1)C(=O)C1(C(N)=NO)CCCCC1. The Hall–Kier alpha value is -1.30. The molecule has 0 heterocycles. The van der Waals surface area contributed by atoms with Crippen LogP contribution in [-0.4, -0.2) is 46.7 Å². The van der Waals surface area contributed by atoms with Gasteiger partial charge in [0.05, 0.1) is 6.10 Å². The van der Waals surface area contributed by atoms with E-state index in [2.05, 4.69) is 5.16 Å². The van der Waals surface area contributed by atoms with E-state index in [0.717, 1.165) is 32.1 Å². The number of oxime groups is 1. The number of hydrogen-bond donors (Lipinski definition) is 3. The van der Waals surface area contributed by atoms with Gasteiger partial charge >= 0.3 is 0 Å². The van der Waals surface area contributed by atoms with E-state index >= 15 is 0 Å². The van der Waals surface area contributed by atoms with Crippen molar-refractivity contribution in [2.24, 2.45) is 22.2 Å². The standard InChI is InChI=1S/C14H25N3O3/c1-17(9-10-7-11(18)8-10)13(19)14(12(15)16-20)5-3-2-4-6-14/h10-11,18,20H,2-9H2,1H3,(H2,15,16). The molecule has 20 heavy (non-hydrogen) atoms. The van der Waals surface area contributed by atoms with Crippen molar-refractivity contribution >= 4 is 11.7 Å². The van der Waals surface area contributed by atoms with E-state index in [1.54, 1.807) is 11.9 Å². The topological polar surface area (TPSA) is 99.2 Å². The smallest absolute Gasteiger partial charge is 0.236 e. The average molecular weight is 283 g/mol. The van der Waals surface area contributed by atoms with Gasteiger partial charge in [-0.1, -0.05) is 24.4 Å².